The number of rotatable bonds is 4. The lowest BCUT2D eigenvalue weighted by Gasteiger charge is -2.17. The third-order valence-corrected chi connectivity index (χ3v) is 2.30. The van der Waals surface area contributed by atoms with E-state index in [2.05, 4.69) is 41.4 Å². The second-order valence-electron chi connectivity index (χ2n) is 3.72. The maximum Gasteiger partial charge on any atom is 0.131 e. The first-order chi connectivity index (χ1) is 6.63. The van der Waals surface area contributed by atoms with Gasteiger partial charge in [-0.05, 0) is 12.8 Å². The fourth-order valence-corrected chi connectivity index (χ4v) is 0.973. The quantitative estimate of drug-likeness (QED) is 0.769. The summed E-state index contributed by atoms with van der Waals surface area (Å²) in [6.07, 6.45) is 1.56. The third kappa shape index (κ3) is 2.87. The van der Waals surface area contributed by atoms with Crippen LogP contribution in [0.3, 0.4) is 0 Å². The van der Waals surface area contributed by atoms with Gasteiger partial charge < -0.3 is 10.6 Å². The highest BCUT2D eigenvalue weighted by molar-refractivity contribution is 5.46. The lowest BCUT2D eigenvalue weighted by Crippen LogP contribution is -2.22. The minimum Gasteiger partial charge on any atom is -0.373 e. The summed E-state index contributed by atoms with van der Waals surface area (Å²) in [6.45, 7) is 6.50. The van der Waals surface area contributed by atoms with E-state index in [9.17, 15) is 0 Å². The van der Waals surface area contributed by atoms with Gasteiger partial charge in [-0.25, -0.2) is 9.97 Å². The first-order valence-corrected chi connectivity index (χ1v) is 4.90. The fourth-order valence-electron chi connectivity index (χ4n) is 0.973. The molecule has 1 rings (SSSR count). The van der Waals surface area contributed by atoms with Crippen molar-refractivity contribution in [1.29, 1.82) is 0 Å². The number of anilines is 2. The maximum atomic E-state index is 4.15. The van der Waals surface area contributed by atoms with Crippen LogP contribution in [0, 0.1) is 5.92 Å². The Hall–Kier alpha value is -1.32. The van der Waals surface area contributed by atoms with Crippen molar-refractivity contribution in [2.75, 3.05) is 17.7 Å². The van der Waals surface area contributed by atoms with Gasteiger partial charge in [0, 0.05) is 19.2 Å². The second kappa shape index (κ2) is 4.79. The molecule has 0 radical (unpaired) electrons. The van der Waals surface area contributed by atoms with Crippen molar-refractivity contribution in [2.45, 2.75) is 26.8 Å². The van der Waals surface area contributed by atoms with Crippen molar-refractivity contribution in [3.63, 3.8) is 0 Å². The topological polar surface area (TPSA) is 49.8 Å². The summed E-state index contributed by atoms with van der Waals surface area (Å²) in [5, 5.41) is 6.30. The molecule has 1 aromatic heterocycles. The highest BCUT2D eigenvalue weighted by Crippen LogP contribution is 2.11. The molecule has 0 bridgehead atoms. The average molecular weight is 194 g/mol. The molecule has 1 unspecified atom stereocenters. The van der Waals surface area contributed by atoms with Gasteiger partial charge in [0.05, 0.1) is 0 Å². The zero-order chi connectivity index (χ0) is 10.6. The number of hydrogen-bond donors (Lipinski definition) is 2. The minimum absolute atomic E-state index is 0.412. The number of nitrogens with one attached hydrogen (secondary N) is 2. The van der Waals surface area contributed by atoms with Crippen LogP contribution >= 0.6 is 0 Å². The van der Waals surface area contributed by atoms with Crippen LogP contribution in [-0.2, 0) is 0 Å². The van der Waals surface area contributed by atoms with Crippen molar-refractivity contribution < 1.29 is 0 Å². The molecule has 0 spiro atoms. The van der Waals surface area contributed by atoms with Gasteiger partial charge in [-0.15, -0.1) is 0 Å². The Morgan fingerprint density at radius 1 is 1.14 bits per heavy atom. The van der Waals surface area contributed by atoms with E-state index >= 15 is 0 Å². The van der Waals surface area contributed by atoms with Crippen LogP contribution in [0.25, 0.3) is 0 Å². The third-order valence-electron chi connectivity index (χ3n) is 2.30. The zero-order valence-electron chi connectivity index (χ0n) is 9.20. The van der Waals surface area contributed by atoms with Crippen molar-refractivity contribution >= 4 is 11.6 Å². The van der Waals surface area contributed by atoms with Crippen molar-refractivity contribution in [3.8, 4) is 0 Å². The molecule has 0 amide bonds. The van der Waals surface area contributed by atoms with Crippen LogP contribution in [0.5, 0.6) is 0 Å². The van der Waals surface area contributed by atoms with Crippen LogP contribution in [0.1, 0.15) is 20.8 Å². The van der Waals surface area contributed by atoms with E-state index in [1.807, 2.05) is 13.1 Å². The Balaban J connectivity index is 2.66. The molecule has 1 heterocycles. The smallest absolute Gasteiger partial charge is 0.131 e. The van der Waals surface area contributed by atoms with Gasteiger partial charge in [-0.2, -0.15) is 0 Å². The molecular formula is C10H18N4. The van der Waals surface area contributed by atoms with Gasteiger partial charge in [0.1, 0.15) is 18.0 Å². The van der Waals surface area contributed by atoms with E-state index in [1.54, 1.807) is 6.33 Å². The molecule has 78 valence electrons. The second-order valence-corrected chi connectivity index (χ2v) is 3.72. The lowest BCUT2D eigenvalue weighted by atomic mass is 10.1. The van der Waals surface area contributed by atoms with E-state index in [1.165, 1.54) is 0 Å². The Kier molecular flexibility index (Phi) is 3.68. The van der Waals surface area contributed by atoms with E-state index in [0.717, 1.165) is 11.6 Å². The molecule has 1 atom stereocenters. The molecule has 0 saturated carbocycles. The molecule has 14 heavy (non-hydrogen) atoms. The summed E-state index contributed by atoms with van der Waals surface area (Å²) in [7, 11) is 1.85. The van der Waals surface area contributed by atoms with Crippen LogP contribution in [0.15, 0.2) is 12.4 Å². The monoisotopic (exact) mass is 194 g/mol. The predicted molar refractivity (Wildman–Crippen MR) is 59.5 cm³/mol. The number of nitrogens with zero attached hydrogens (tertiary/aromatic N) is 2. The summed E-state index contributed by atoms with van der Waals surface area (Å²) >= 11 is 0. The molecule has 0 saturated heterocycles. The molecule has 0 aliphatic heterocycles. The average Bonchev–Trinajstić information content (AvgIpc) is 2.18. The van der Waals surface area contributed by atoms with E-state index in [0.29, 0.717) is 12.0 Å². The Bertz CT molecular complexity index is 285. The molecule has 0 aromatic carbocycles. The van der Waals surface area contributed by atoms with Gasteiger partial charge >= 0.3 is 0 Å². The number of aromatic nitrogens is 2. The first-order valence-electron chi connectivity index (χ1n) is 4.90. The normalized spacial score (nSPS) is 12.6. The molecule has 4 heteroatoms. The summed E-state index contributed by atoms with van der Waals surface area (Å²) in [5.41, 5.74) is 0. The van der Waals surface area contributed by atoms with Crippen molar-refractivity contribution in [3.05, 3.63) is 12.4 Å². The highest BCUT2D eigenvalue weighted by Gasteiger charge is 2.07. The van der Waals surface area contributed by atoms with E-state index in [4.69, 9.17) is 0 Å². The standard InChI is InChI=1S/C10H18N4/c1-7(2)8(3)14-10-5-9(11-4)12-6-13-10/h5-8H,1-4H3,(H2,11,12,13,14). The Labute approximate surface area is 85.2 Å². The molecule has 1 aromatic rings. The van der Waals surface area contributed by atoms with Gasteiger partial charge in [0.15, 0.2) is 0 Å². The predicted octanol–water partition coefficient (Wildman–Crippen LogP) is 1.97. The summed E-state index contributed by atoms with van der Waals surface area (Å²) in [5.74, 6) is 2.28. The van der Waals surface area contributed by atoms with Crippen LogP contribution in [0.4, 0.5) is 11.6 Å². The summed E-state index contributed by atoms with van der Waals surface area (Å²) in [6, 6.07) is 2.31. The summed E-state index contributed by atoms with van der Waals surface area (Å²) < 4.78 is 0. The fraction of sp³-hybridized carbons (Fsp3) is 0.600. The summed E-state index contributed by atoms with van der Waals surface area (Å²) in [4.78, 5) is 8.20. The van der Waals surface area contributed by atoms with Crippen molar-refractivity contribution in [1.82, 2.24) is 9.97 Å². The van der Waals surface area contributed by atoms with Gasteiger partial charge in [-0.3, -0.25) is 0 Å². The largest absolute Gasteiger partial charge is 0.373 e. The van der Waals surface area contributed by atoms with Crippen LogP contribution in [-0.4, -0.2) is 23.1 Å². The van der Waals surface area contributed by atoms with E-state index < -0.39 is 0 Å². The first kappa shape index (κ1) is 10.8. The van der Waals surface area contributed by atoms with Gasteiger partial charge in [0.2, 0.25) is 0 Å². The highest BCUT2D eigenvalue weighted by atomic mass is 15.1. The molecule has 0 fully saturated rings. The van der Waals surface area contributed by atoms with Crippen LogP contribution < -0.4 is 10.6 Å². The molecule has 2 N–H and O–H groups in total. The molecule has 0 aliphatic carbocycles. The minimum atomic E-state index is 0.412. The van der Waals surface area contributed by atoms with E-state index in [-0.39, 0.29) is 0 Å². The van der Waals surface area contributed by atoms with Crippen molar-refractivity contribution in [2.24, 2.45) is 5.92 Å². The van der Waals surface area contributed by atoms with Gasteiger partial charge in [0.25, 0.3) is 0 Å². The number of hydrogen-bond acceptors (Lipinski definition) is 4. The Morgan fingerprint density at radius 3 is 2.36 bits per heavy atom. The maximum absolute atomic E-state index is 4.15. The molecular weight excluding hydrogens is 176 g/mol. The van der Waals surface area contributed by atoms with Gasteiger partial charge in [-0.1, -0.05) is 13.8 Å². The molecule has 0 aliphatic rings. The molecule has 4 nitrogen and oxygen atoms in total. The lowest BCUT2D eigenvalue weighted by molar-refractivity contribution is 0.558. The SMILES string of the molecule is CNc1cc(NC(C)C(C)C)ncn1. The zero-order valence-corrected chi connectivity index (χ0v) is 9.20. The Morgan fingerprint density at radius 2 is 1.79 bits per heavy atom. The van der Waals surface area contributed by atoms with Crippen LogP contribution in [0.2, 0.25) is 0 Å².